The van der Waals surface area contributed by atoms with Gasteiger partial charge < -0.3 is 14.8 Å². The Hall–Kier alpha value is -0.610. The Morgan fingerprint density at radius 3 is 2.53 bits per heavy atom. The smallest absolute Gasteiger partial charge is 0.325 e. The summed E-state index contributed by atoms with van der Waals surface area (Å²) in [6, 6.07) is 0. The van der Waals surface area contributed by atoms with Gasteiger partial charge in [0, 0.05) is 13.0 Å². The Balaban J connectivity index is 4.05. The van der Waals surface area contributed by atoms with Gasteiger partial charge in [-0.3, -0.25) is 4.79 Å². The van der Waals surface area contributed by atoms with Crippen molar-refractivity contribution < 1.29 is 14.3 Å². The highest BCUT2D eigenvalue weighted by Crippen LogP contribution is 2.16. The molecule has 0 fully saturated rings. The topological polar surface area (TPSA) is 47.6 Å². The van der Waals surface area contributed by atoms with Crippen LogP contribution in [0.25, 0.3) is 0 Å². The van der Waals surface area contributed by atoms with Crippen LogP contribution in [0.4, 0.5) is 0 Å². The van der Waals surface area contributed by atoms with Gasteiger partial charge in [-0.05, 0) is 27.3 Å². The van der Waals surface area contributed by atoms with Crippen molar-refractivity contribution in [1.29, 1.82) is 0 Å². The summed E-state index contributed by atoms with van der Waals surface area (Å²) in [6.07, 6.45) is 4.11. The Morgan fingerprint density at radius 2 is 2.06 bits per heavy atom. The Kier molecular flexibility index (Phi) is 8.17. The fourth-order valence-electron chi connectivity index (χ4n) is 1.78. The Labute approximate surface area is 105 Å². The lowest BCUT2D eigenvalue weighted by Crippen LogP contribution is -2.50. The lowest BCUT2D eigenvalue weighted by molar-refractivity contribution is -0.149. The molecule has 0 spiro atoms. The summed E-state index contributed by atoms with van der Waals surface area (Å²) in [4.78, 5) is 11.6. The minimum absolute atomic E-state index is 0.0448. The van der Waals surface area contributed by atoms with E-state index in [-0.39, 0.29) is 12.1 Å². The SMILES string of the molecule is CCCCCOC(C)CC(C)(NC)C(=O)OC. The first-order valence-electron chi connectivity index (χ1n) is 6.39. The average Bonchev–Trinajstić information content (AvgIpc) is 2.33. The molecule has 2 atom stereocenters. The van der Waals surface area contributed by atoms with Crippen LogP contribution in [-0.2, 0) is 14.3 Å². The van der Waals surface area contributed by atoms with Gasteiger partial charge in [-0.25, -0.2) is 0 Å². The summed E-state index contributed by atoms with van der Waals surface area (Å²) in [7, 11) is 3.17. The van der Waals surface area contributed by atoms with Crippen molar-refractivity contribution >= 4 is 5.97 Å². The number of esters is 1. The first-order chi connectivity index (χ1) is 8.00. The molecule has 2 unspecified atom stereocenters. The molecule has 0 aliphatic heterocycles. The molecule has 0 aromatic heterocycles. The van der Waals surface area contributed by atoms with Crippen LogP contribution in [0.5, 0.6) is 0 Å². The Bertz CT molecular complexity index is 221. The van der Waals surface area contributed by atoms with Crippen LogP contribution >= 0.6 is 0 Å². The van der Waals surface area contributed by atoms with E-state index in [0.717, 1.165) is 13.0 Å². The van der Waals surface area contributed by atoms with Gasteiger partial charge in [0.25, 0.3) is 0 Å². The highest BCUT2D eigenvalue weighted by molar-refractivity contribution is 5.80. The van der Waals surface area contributed by atoms with Crippen molar-refractivity contribution in [3.8, 4) is 0 Å². The number of nitrogens with one attached hydrogen (secondary N) is 1. The van der Waals surface area contributed by atoms with E-state index in [1.165, 1.54) is 20.0 Å². The van der Waals surface area contributed by atoms with Crippen LogP contribution in [-0.4, -0.2) is 38.4 Å². The van der Waals surface area contributed by atoms with Crippen molar-refractivity contribution in [3.05, 3.63) is 0 Å². The van der Waals surface area contributed by atoms with Crippen molar-refractivity contribution in [1.82, 2.24) is 5.32 Å². The number of carbonyl (C=O) groups is 1. The van der Waals surface area contributed by atoms with Crippen LogP contribution in [0.15, 0.2) is 0 Å². The standard InChI is InChI=1S/C13H27NO3/c1-6-7-8-9-17-11(2)10-13(3,14-4)12(15)16-5/h11,14H,6-10H2,1-5H3. The molecule has 0 amide bonds. The van der Waals surface area contributed by atoms with E-state index in [0.29, 0.717) is 6.42 Å². The van der Waals surface area contributed by atoms with E-state index in [2.05, 4.69) is 12.2 Å². The van der Waals surface area contributed by atoms with Gasteiger partial charge in [-0.15, -0.1) is 0 Å². The molecule has 0 bridgehead atoms. The molecular weight excluding hydrogens is 218 g/mol. The summed E-state index contributed by atoms with van der Waals surface area (Å²) in [6.45, 7) is 6.75. The maximum atomic E-state index is 11.6. The number of carbonyl (C=O) groups excluding carboxylic acids is 1. The number of hydrogen-bond donors (Lipinski definition) is 1. The summed E-state index contributed by atoms with van der Waals surface area (Å²) in [5, 5.41) is 3.01. The van der Waals surface area contributed by atoms with Gasteiger partial charge in [0.15, 0.2) is 0 Å². The fraction of sp³-hybridized carbons (Fsp3) is 0.923. The molecule has 4 heteroatoms. The molecule has 0 aromatic carbocycles. The first kappa shape index (κ1) is 16.4. The van der Waals surface area contributed by atoms with Crippen LogP contribution in [0.2, 0.25) is 0 Å². The average molecular weight is 245 g/mol. The number of ether oxygens (including phenoxy) is 2. The van der Waals surface area contributed by atoms with Gasteiger partial charge in [-0.1, -0.05) is 19.8 Å². The third-order valence-electron chi connectivity index (χ3n) is 3.03. The molecule has 0 saturated heterocycles. The number of unbranched alkanes of at least 4 members (excludes halogenated alkanes) is 2. The van der Waals surface area contributed by atoms with Crippen molar-refractivity contribution in [2.75, 3.05) is 20.8 Å². The molecule has 0 saturated carbocycles. The largest absolute Gasteiger partial charge is 0.468 e. The molecule has 0 aromatic rings. The molecule has 4 nitrogen and oxygen atoms in total. The maximum absolute atomic E-state index is 11.6. The minimum Gasteiger partial charge on any atom is -0.468 e. The third-order valence-corrected chi connectivity index (χ3v) is 3.03. The molecular formula is C13H27NO3. The van der Waals surface area contributed by atoms with Crippen LogP contribution < -0.4 is 5.32 Å². The lowest BCUT2D eigenvalue weighted by atomic mass is 9.95. The monoisotopic (exact) mass is 245 g/mol. The van der Waals surface area contributed by atoms with Gasteiger partial charge in [0.05, 0.1) is 13.2 Å². The molecule has 0 aliphatic carbocycles. The van der Waals surface area contributed by atoms with E-state index in [4.69, 9.17) is 9.47 Å². The fourth-order valence-corrected chi connectivity index (χ4v) is 1.78. The molecule has 17 heavy (non-hydrogen) atoms. The number of rotatable bonds is 9. The summed E-state index contributed by atoms with van der Waals surface area (Å²) < 4.78 is 10.5. The molecule has 102 valence electrons. The quantitative estimate of drug-likeness (QED) is 0.499. The second-order valence-corrected chi connectivity index (χ2v) is 4.67. The second-order valence-electron chi connectivity index (χ2n) is 4.67. The minimum atomic E-state index is -0.668. The number of hydrogen-bond acceptors (Lipinski definition) is 4. The zero-order chi connectivity index (χ0) is 13.3. The number of likely N-dealkylation sites (N-methyl/N-ethyl adjacent to an activating group) is 1. The molecule has 1 N–H and O–H groups in total. The predicted octanol–water partition coefficient (Wildman–Crippen LogP) is 2.12. The highest BCUT2D eigenvalue weighted by atomic mass is 16.5. The normalized spacial score (nSPS) is 16.3. The summed E-state index contributed by atoms with van der Waals surface area (Å²) >= 11 is 0. The molecule has 0 radical (unpaired) electrons. The van der Waals surface area contributed by atoms with Crippen LogP contribution in [0.3, 0.4) is 0 Å². The summed E-state index contributed by atoms with van der Waals surface area (Å²) in [5.41, 5.74) is -0.668. The van der Waals surface area contributed by atoms with Crippen molar-refractivity contribution in [2.45, 2.75) is 58.1 Å². The third kappa shape index (κ3) is 6.03. The summed E-state index contributed by atoms with van der Waals surface area (Å²) in [5.74, 6) is -0.246. The highest BCUT2D eigenvalue weighted by Gasteiger charge is 2.34. The zero-order valence-electron chi connectivity index (χ0n) is 11.8. The predicted molar refractivity (Wildman–Crippen MR) is 69.0 cm³/mol. The number of methoxy groups -OCH3 is 1. The van der Waals surface area contributed by atoms with Crippen LogP contribution in [0.1, 0.15) is 46.5 Å². The first-order valence-corrected chi connectivity index (χ1v) is 6.39. The maximum Gasteiger partial charge on any atom is 0.325 e. The Morgan fingerprint density at radius 1 is 1.41 bits per heavy atom. The zero-order valence-corrected chi connectivity index (χ0v) is 11.8. The van der Waals surface area contributed by atoms with E-state index in [1.807, 2.05) is 13.8 Å². The molecule has 0 heterocycles. The van der Waals surface area contributed by atoms with Gasteiger partial charge in [0.1, 0.15) is 5.54 Å². The van der Waals surface area contributed by atoms with Crippen molar-refractivity contribution in [3.63, 3.8) is 0 Å². The van der Waals surface area contributed by atoms with Gasteiger partial charge in [-0.2, -0.15) is 0 Å². The second kappa shape index (κ2) is 8.48. The molecule has 0 aliphatic rings. The van der Waals surface area contributed by atoms with Crippen LogP contribution in [0, 0.1) is 0 Å². The van der Waals surface area contributed by atoms with Gasteiger partial charge >= 0.3 is 5.97 Å². The lowest BCUT2D eigenvalue weighted by Gasteiger charge is -2.29. The van der Waals surface area contributed by atoms with E-state index < -0.39 is 5.54 Å². The van der Waals surface area contributed by atoms with Gasteiger partial charge in [0.2, 0.25) is 0 Å². The van der Waals surface area contributed by atoms with E-state index >= 15 is 0 Å². The van der Waals surface area contributed by atoms with Crippen molar-refractivity contribution in [2.24, 2.45) is 0 Å². The molecule has 0 rings (SSSR count). The van der Waals surface area contributed by atoms with E-state index in [1.54, 1.807) is 7.05 Å². The van der Waals surface area contributed by atoms with E-state index in [9.17, 15) is 4.79 Å².